The molecule has 4 nitrogen and oxygen atoms in total. The van der Waals surface area contributed by atoms with Gasteiger partial charge in [-0.1, -0.05) is 0 Å². The average Bonchev–Trinajstić information content (AvgIpc) is 2.44. The maximum absolute atomic E-state index is 13.2. The molecule has 1 atom stereocenters. The summed E-state index contributed by atoms with van der Waals surface area (Å²) in [6, 6.07) is 4.84. The minimum atomic E-state index is -0.612. The van der Waals surface area contributed by atoms with E-state index in [1.807, 2.05) is 0 Å². The number of halogens is 2. The van der Waals surface area contributed by atoms with E-state index in [4.69, 9.17) is 10.6 Å². The molecule has 106 valence electrons. The zero-order valence-electron chi connectivity index (χ0n) is 10.9. The van der Waals surface area contributed by atoms with Crippen LogP contribution in [-0.2, 0) is 6.42 Å². The number of hydrogen-bond donors (Lipinski definition) is 2. The predicted octanol–water partition coefficient (Wildman–Crippen LogP) is 2.12. The van der Waals surface area contributed by atoms with Gasteiger partial charge < -0.3 is 4.74 Å². The van der Waals surface area contributed by atoms with Crippen LogP contribution in [0.1, 0.15) is 17.2 Å². The monoisotopic (exact) mass is 279 g/mol. The maximum atomic E-state index is 13.2. The van der Waals surface area contributed by atoms with E-state index in [1.165, 1.54) is 19.2 Å². The molecule has 0 bridgehead atoms. The minimum Gasteiger partial charge on any atom is -0.495 e. The fourth-order valence-corrected chi connectivity index (χ4v) is 1.98. The lowest BCUT2D eigenvalue weighted by Crippen LogP contribution is -2.29. The molecule has 0 spiro atoms. The van der Waals surface area contributed by atoms with Crippen molar-refractivity contribution in [1.82, 2.24) is 10.4 Å². The topological polar surface area (TPSA) is 60.2 Å². The lowest BCUT2D eigenvalue weighted by Gasteiger charge is -2.16. The predicted molar refractivity (Wildman–Crippen MR) is 70.9 cm³/mol. The van der Waals surface area contributed by atoms with Crippen LogP contribution in [0.3, 0.4) is 0 Å². The lowest BCUT2D eigenvalue weighted by atomic mass is 10.0. The number of aromatic nitrogens is 1. The third-order valence-electron chi connectivity index (χ3n) is 2.94. The molecule has 0 radical (unpaired) electrons. The van der Waals surface area contributed by atoms with Gasteiger partial charge in [0.1, 0.15) is 17.4 Å². The Labute approximate surface area is 115 Å². The van der Waals surface area contributed by atoms with Crippen molar-refractivity contribution < 1.29 is 13.5 Å². The minimum absolute atomic E-state index is 0.321. The van der Waals surface area contributed by atoms with E-state index in [-0.39, 0.29) is 6.04 Å². The Kier molecular flexibility index (Phi) is 4.60. The fourth-order valence-electron chi connectivity index (χ4n) is 1.98. The van der Waals surface area contributed by atoms with Crippen molar-refractivity contribution in [3.63, 3.8) is 0 Å². The first-order valence-corrected chi connectivity index (χ1v) is 6.02. The van der Waals surface area contributed by atoms with E-state index in [2.05, 4.69) is 10.4 Å². The van der Waals surface area contributed by atoms with Gasteiger partial charge in [0.15, 0.2) is 0 Å². The number of hydrazine groups is 1. The summed E-state index contributed by atoms with van der Waals surface area (Å²) in [7, 11) is 1.54. The van der Waals surface area contributed by atoms with Crippen LogP contribution in [-0.4, -0.2) is 12.1 Å². The Morgan fingerprint density at radius 2 is 1.90 bits per heavy atom. The van der Waals surface area contributed by atoms with Crippen molar-refractivity contribution in [3.05, 3.63) is 59.4 Å². The van der Waals surface area contributed by atoms with Crippen LogP contribution in [0.2, 0.25) is 0 Å². The zero-order chi connectivity index (χ0) is 14.5. The highest BCUT2D eigenvalue weighted by atomic mass is 19.1. The van der Waals surface area contributed by atoms with Gasteiger partial charge in [0.05, 0.1) is 19.3 Å². The van der Waals surface area contributed by atoms with Gasteiger partial charge in [0, 0.05) is 12.3 Å². The Bertz CT molecular complexity index is 572. The first kappa shape index (κ1) is 14.4. The third kappa shape index (κ3) is 3.49. The van der Waals surface area contributed by atoms with Crippen LogP contribution in [0.15, 0.2) is 36.7 Å². The Morgan fingerprint density at radius 3 is 2.50 bits per heavy atom. The number of nitrogens with zero attached hydrogens (tertiary/aromatic N) is 1. The summed E-state index contributed by atoms with van der Waals surface area (Å²) in [4.78, 5) is 4.03. The molecule has 0 aliphatic rings. The normalized spacial score (nSPS) is 12.2. The molecule has 0 aliphatic heterocycles. The van der Waals surface area contributed by atoms with E-state index >= 15 is 0 Å². The average molecular weight is 279 g/mol. The largest absolute Gasteiger partial charge is 0.495 e. The molecule has 0 amide bonds. The molecule has 6 heteroatoms. The number of nitrogens with one attached hydrogen (secondary N) is 1. The molecular weight excluding hydrogens is 264 g/mol. The number of rotatable bonds is 5. The SMILES string of the molecule is COc1cncc(C(Cc2cc(F)cc(F)c2)NN)c1. The second kappa shape index (κ2) is 6.40. The van der Waals surface area contributed by atoms with Gasteiger partial charge in [-0.3, -0.25) is 16.3 Å². The van der Waals surface area contributed by atoms with Crippen LogP contribution in [0.25, 0.3) is 0 Å². The van der Waals surface area contributed by atoms with Gasteiger partial charge >= 0.3 is 0 Å². The molecule has 1 heterocycles. The summed E-state index contributed by atoms with van der Waals surface area (Å²) in [6.07, 6.45) is 3.53. The van der Waals surface area contributed by atoms with Crippen LogP contribution in [0, 0.1) is 11.6 Å². The van der Waals surface area contributed by atoms with Crippen molar-refractivity contribution in [1.29, 1.82) is 0 Å². The highest BCUT2D eigenvalue weighted by molar-refractivity contribution is 5.28. The van der Waals surface area contributed by atoms with E-state index in [0.29, 0.717) is 17.7 Å². The van der Waals surface area contributed by atoms with Gasteiger partial charge in [0.25, 0.3) is 0 Å². The van der Waals surface area contributed by atoms with Crippen LogP contribution < -0.4 is 16.0 Å². The Hall–Kier alpha value is -2.05. The van der Waals surface area contributed by atoms with E-state index in [9.17, 15) is 8.78 Å². The van der Waals surface area contributed by atoms with E-state index < -0.39 is 11.6 Å². The highest BCUT2D eigenvalue weighted by Gasteiger charge is 2.13. The number of ether oxygens (including phenoxy) is 1. The molecule has 2 rings (SSSR count). The van der Waals surface area contributed by atoms with Crippen molar-refractivity contribution in [3.8, 4) is 5.75 Å². The van der Waals surface area contributed by atoms with Gasteiger partial charge in [-0.25, -0.2) is 8.78 Å². The Balaban J connectivity index is 2.23. The molecule has 0 aliphatic carbocycles. The number of benzene rings is 1. The lowest BCUT2D eigenvalue weighted by molar-refractivity contribution is 0.410. The third-order valence-corrected chi connectivity index (χ3v) is 2.94. The summed E-state index contributed by atoms with van der Waals surface area (Å²) in [5, 5.41) is 0. The number of methoxy groups -OCH3 is 1. The van der Waals surface area contributed by atoms with Crippen molar-refractivity contribution >= 4 is 0 Å². The zero-order valence-corrected chi connectivity index (χ0v) is 10.9. The second-order valence-electron chi connectivity index (χ2n) is 4.36. The van der Waals surface area contributed by atoms with Crippen molar-refractivity contribution in [2.45, 2.75) is 12.5 Å². The molecule has 1 aromatic heterocycles. The van der Waals surface area contributed by atoms with E-state index in [0.717, 1.165) is 11.6 Å². The number of nitrogens with two attached hydrogens (primary N) is 1. The number of hydrogen-bond acceptors (Lipinski definition) is 4. The molecule has 3 N–H and O–H groups in total. The van der Waals surface area contributed by atoms with E-state index in [1.54, 1.807) is 18.5 Å². The summed E-state index contributed by atoms with van der Waals surface area (Å²) in [6.45, 7) is 0. The van der Waals surface area contributed by atoms with Gasteiger partial charge in [-0.05, 0) is 35.7 Å². The first-order valence-electron chi connectivity index (χ1n) is 6.02. The molecular formula is C14H15F2N3O. The molecule has 1 unspecified atom stereocenters. The molecule has 0 saturated heterocycles. The molecule has 20 heavy (non-hydrogen) atoms. The van der Waals surface area contributed by atoms with Crippen LogP contribution in [0.5, 0.6) is 5.75 Å². The Morgan fingerprint density at radius 1 is 1.20 bits per heavy atom. The van der Waals surface area contributed by atoms with Gasteiger partial charge in [-0.15, -0.1) is 0 Å². The van der Waals surface area contributed by atoms with Gasteiger partial charge in [0.2, 0.25) is 0 Å². The quantitative estimate of drug-likeness (QED) is 0.650. The van der Waals surface area contributed by atoms with Crippen molar-refractivity contribution in [2.24, 2.45) is 5.84 Å². The molecule has 2 aromatic rings. The maximum Gasteiger partial charge on any atom is 0.137 e. The summed E-state index contributed by atoms with van der Waals surface area (Å²) in [5.74, 6) is 4.88. The van der Waals surface area contributed by atoms with Crippen molar-refractivity contribution in [2.75, 3.05) is 7.11 Å². The fraction of sp³-hybridized carbons (Fsp3) is 0.214. The molecule has 0 saturated carbocycles. The summed E-state index contributed by atoms with van der Waals surface area (Å²) >= 11 is 0. The van der Waals surface area contributed by atoms with Gasteiger partial charge in [-0.2, -0.15) is 0 Å². The summed E-state index contributed by atoms with van der Waals surface area (Å²) in [5.41, 5.74) is 3.90. The number of pyridine rings is 1. The van der Waals surface area contributed by atoms with Crippen LogP contribution in [0.4, 0.5) is 8.78 Å². The highest BCUT2D eigenvalue weighted by Crippen LogP contribution is 2.21. The standard InChI is InChI=1S/C14H15F2N3O/c1-20-13-5-10(7-18-8-13)14(19-17)4-9-2-11(15)6-12(16)3-9/h2-3,5-8,14,19H,4,17H2,1H3. The second-order valence-corrected chi connectivity index (χ2v) is 4.36. The molecule has 1 aromatic carbocycles. The summed E-state index contributed by atoms with van der Waals surface area (Å²) < 4.78 is 31.4. The smallest absolute Gasteiger partial charge is 0.137 e. The van der Waals surface area contributed by atoms with Crippen LogP contribution >= 0.6 is 0 Å². The molecule has 0 fully saturated rings. The first-order chi connectivity index (χ1) is 9.62.